The molecule has 7 nitrogen and oxygen atoms in total. The summed E-state index contributed by atoms with van der Waals surface area (Å²) in [5, 5.41) is 4.04. The van der Waals surface area contributed by atoms with Crippen LogP contribution in [0.5, 0.6) is 0 Å². The van der Waals surface area contributed by atoms with Gasteiger partial charge in [0.25, 0.3) is 11.5 Å². The van der Waals surface area contributed by atoms with Crippen molar-refractivity contribution in [3.8, 4) is 5.95 Å². The Kier molecular flexibility index (Phi) is 3.20. The van der Waals surface area contributed by atoms with E-state index in [0.29, 0.717) is 11.4 Å². The van der Waals surface area contributed by atoms with Crippen LogP contribution in [0.25, 0.3) is 17.0 Å². The van der Waals surface area contributed by atoms with Crippen molar-refractivity contribution in [3.63, 3.8) is 0 Å². The summed E-state index contributed by atoms with van der Waals surface area (Å²) in [5.74, 6) is -1.33. The predicted molar refractivity (Wildman–Crippen MR) is 74.3 cm³/mol. The van der Waals surface area contributed by atoms with Crippen molar-refractivity contribution in [2.45, 2.75) is 26.9 Å². The lowest BCUT2D eigenvalue weighted by Gasteiger charge is -2.06. The number of fused-ring (bicyclic) bond motifs is 1. The molecule has 0 atom stereocenters. The zero-order valence-corrected chi connectivity index (χ0v) is 12.4. The van der Waals surface area contributed by atoms with E-state index in [1.165, 1.54) is 6.92 Å². The molecule has 0 aliphatic heterocycles. The van der Waals surface area contributed by atoms with E-state index < -0.39 is 17.6 Å². The molecule has 10 heteroatoms. The van der Waals surface area contributed by atoms with E-state index in [1.54, 1.807) is 24.9 Å². The van der Waals surface area contributed by atoms with E-state index in [9.17, 15) is 18.0 Å². The number of hydrogen-bond acceptors (Lipinski definition) is 5. The fourth-order valence-electron chi connectivity index (χ4n) is 2.26. The average Bonchev–Trinajstić information content (AvgIpc) is 2.74. The number of halogens is 3. The molecular weight excluding hydrogens is 313 g/mol. The number of H-pyrrole nitrogens is 1. The van der Waals surface area contributed by atoms with Crippen LogP contribution in [-0.4, -0.2) is 29.7 Å². The second-order valence-electron chi connectivity index (χ2n) is 5.06. The Morgan fingerprint density at radius 3 is 2.26 bits per heavy atom. The van der Waals surface area contributed by atoms with E-state index in [1.807, 2.05) is 0 Å². The third kappa shape index (κ3) is 2.56. The molecule has 3 aromatic heterocycles. The minimum absolute atomic E-state index is 0.0271. The first-order valence-corrected chi connectivity index (χ1v) is 6.56. The minimum Gasteiger partial charge on any atom is -0.302 e. The first-order valence-electron chi connectivity index (χ1n) is 6.56. The predicted octanol–water partition coefficient (Wildman–Crippen LogP) is 1.84. The van der Waals surface area contributed by atoms with Crippen LogP contribution in [0, 0.1) is 20.8 Å². The smallest absolute Gasteiger partial charge is 0.302 e. The molecule has 0 fully saturated rings. The van der Waals surface area contributed by atoms with Crippen molar-refractivity contribution in [3.05, 3.63) is 39.3 Å². The number of rotatable bonds is 1. The number of alkyl halides is 3. The Hall–Kier alpha value is -2.78. The highest BCUT2D eigenvalue weighted by Crippen LogP contribution is 2.26. The molecule has 23 heavy (non-hydrogen) atoms. The molecule has 0 unspecified atom stereocenters. The second-order valence-corrected chi connectivity index (χ2v) is 5.06. The molecular formula is C13H11F3N6O. The Labute approximate surface area is 127 Å². The SMILES string of the molecule is Cc1cc(C)nc(-n2nc(C)c3c(=O)[nH]c(C(F)(F)F)nc32)n1. The molecule has 0 saturated heterocycles. The van der Waals surface area contributed by atoms with Crippen LogP contribution in [0.1, 0.15) is 22.9 Å². The summed E-state index contributed by atoms with van der Waals surface area (Å²) in [6, 6.07) is 1.71. The van der Waals surface area contributed by atoms with Crippen LogP contribution in [-0.2, 0) is 6.18 Å². The lowest BCUT2D eigenvalue weighted by atomic mass is 10.3. The van der Waals surface area contributed by atoms with Gasteiger partial charge in [0, 0.05) is 11.4 Å². The molecule has 0 aromatic carbocycles. The lowest BCUT2D eigenvalue weighted by molar-refractivity contribution is -0.144. The van der Waals surface area contributed by atoms with Gasteiger partial charge < -0.3 is 4.98 Å². The maximum atomic E-state index is 12.9. The molecule has 0 saturated carbocycles. The zero-order chi connectivity index (χ0) is 16.9. The Balaban J connectivity index is 2.38. The number of aromatic nitrogens is 6. The summed E-state index contributed by atoms with van der Waals surface area (Å²) < 4.78 is 39.7. The Morgan fingerprint density at radius 2 is 1.70 bits per heavy atom. The summed E-state index contributed by atoms with van der Waals surface area (Å²) in [4.78, 5) is 25.5. The fraction of sp³-hybridized carbons (Fsp3) is 0.308. The summed E-state index contributed by atoms with van der Waals surface area (Å²) in [7, 11) is 0. The number of aryl methyl sites for hydroxylation is 3. The van der Waals surface area contributed by atoms with E-state index in [-0.39, 0.29) is 22.7 Å². The molecule has 0 bridgehead atoms. The maximum Gasteiger partial charge on any atom is 0.449 e. The second kappa shape index (κ2) is 4.86. The minimum atomic E-state index is -4.78. The van der Waals surface area contributed by atoms with Gasteiger partial charge in [0.05, 0.1) is 5.69 Å². The monoisotopic (exact) mass is 324 g/mol. The van der Waals surface area contributed by atoms with Crippen molar-refractivity contribution >= 4 is 11.0 Å². The molecule has 3 heterocycles. The molecule has 3 aromatic rings. The largest absolute Gasteiger partial charge is 0.449 e. The van der Waals surface area contributed by atoms with Crippen molar-refractivity contribution in [1.29, 1.82) is 0 Å². The molecule has 120 valence electrons. The first-order chi connectivity index (χ1) is 10.7. The highest BCUT2D eigenvalue weighted by molar-refractivity contribution is 5.78. The summed E-state index contributed by atoms with van der Waals surface area (Å²) in [6.45, 7) is 4.95. The van der Waals surface area contributed by atoms with Crippen LogP contribution < -0.4 is 5.56 Å². The zero-order valence-electron chi connectivity index (χ0n) is 12.4. The third-order valence-corrected chi connectivity index (χ3v) is 3.14. The summed E-state index contributed by atoms with van der Waals surface area (Å²) in [5.41, 5.74) is 0.341. The van der Waals surface area contributed by atoms with Gasteiger partial charge in [0.2, 0.25) is 5.82 Å². The van der Waals surface area contributed by atoms with E-state index in [4.69, 9.17) is 0 Å². The van der Waals surface area contributed by atoms with E-state index in [2.05, 4.69) is 20.1 Å². The molecule has 0 radical (unpaired) electrons. The quantitative estimate of drug-likeness (QED) is 0.738. The molecule has 0 aliphatic carbocycles. The van der Waals surface area contributed by atoms with Crippen molar-refractivity contribution in [2.24, 2.45) is 0 Å². The molecule has 0 amide bonds. The van der Waals surface area contributed by atoms with Crippen molar-refractivity contribution in [1.82, 2.24) is 29.7 Å². The van der Waals surface area contributed by atoms with Gasteiger partial charge >= 0.3 is 6.18 Å². The maximum absolute atomic E-state index is 12.9. The van der Waals surface area contributed by atoms with Crippen LogP contribution >= 0.6 is 0 Å². The van der Waals surface area contributed by atoms with Crippen LogP contribution in [0.2, 0.25) is 0 Å². The van der Waals surface area contributed by atoms with Crippen molar-refractivity contribution < 1.29 is 13.2 Å². The molecule has 0 aliphatic rings. The van der Waals surface area contributed by atoms with E-state index >= 15 is 0 Å². The topological polar surface area (TPSA) is 89.4 Å². The third-order valence-electron chi connectivity index (χ3n) is 3.14. The number of nitrogens with one attached hydrogen (secondary N) is 1. The van der Waals surface area contributed by atoms with Gasteiger partial charge in [-0.1, -0.05) is 0 Å². The Morgan fingerprint density at radius 1 is 1.09 bits per heavy atom. The van der Waals surface area contributed by atoms with Crippen LogP contribution in [0.15, 0.2) is 10.9 Å². The number of hydrogen-bond donors (Lipinski definition) is 1. The van der Waals surface area contributed by atoms with Gasteiger partial charge in [0.1, 0.15) is 5.39 Å². The molecule has 1 N–H and O–H groups in total. The average molecular weight is 324 g/mol. The number of nitrogens with zero attached hydrogens (tertiary/aromatic N) is 5. The molecule has 3 rings (SSSR count). The van der Waals surface area contributed by atoms with Crippen LogP contribution in [0.4, 0.5) is 13.2 Å². The summed E-state index contributed by atoms with van der Waals surface area (Å²) in [6.07, 6.45) is -4.78. The highest BCUT2D eigenvalue weighted by atomic mass is 19.4. The van der Waals surface area contributed by atoms with Gasteiger partial charge in [-0.15, -0.1) is 0 Å². The molecule has 0 spiro atoms. The van der Waals surface area contributed by atoms with Gasteiger partial charge in [-0.25, -0.2) is 15.0 Å². The van der Waals surface area contributed by atoms with Crippen LogP contribution in [0.3, 0.4) is 0 Å². The fourth-order valence-corrected chi connectivity index (χ4v) is 2.26. The normalized spacial score (nSPS) is 12.1. The lowest BCUT2D eigenvalue weighted by Crippen LogP contribution is -2.20. The number of aromatic amines is 1. The Bertz CT molecular complexity index is 952. The highest BCUT2D eigenvalue weighted by Gasteiger charge is 2.35. The first kappa shape index (κ1) is 15.1. The van der Waals surface area contributed by atoms with Crippen molar-refractivity contribution in [2.75, 3.05) is 0 Å². The van der Waals surface area contributed by atoms with Gasteiger partial charge in [-0.05, 0) is 26.8 Å². The standard InChI is InChI=1S/C13H11F3N6O/c1-5-4-6(2)18-12(17-5)22-9-8(7(3)21-22)10(23)20-11(19-9)13(14,15)16/h4H,1-3H3,(H,19,20,23). The van der Waals surface area contributed by atoms with Gasteiger partial charge in [-0.3, -0.25) is 4.79 Å². The summed E-state index contributed by atoms with van der Waals surface area (Å²) >= 11 is 0. The van der Waals surface area contributed by atoms with Gasteiger partial charge in [0.15, 0.2) is 5.65 Å². The van der Waals surface area contributed by atoms with E-state index in [0.717, 1.165) is 4.68 Å². The van der Waals surface area contributed by atoms with Gasteiger partial charge in [-0.2, -0.15) is 23.0 Å².